The highest BCUT2D eigenvalue weighted by molar-refractivity contribution is 8.14. The summed E-state index contributed by atoms with van der Waals surface area (Å²) in [5.74, 6) is -1.03. The van der Waals surface area contributed by atoms with Crippen LogP contribution >= 0.6 is 11.8 Å². The summed E-state index contributed by atoms with van der Waals surface area (Å²) in [6.07, 6.45) is 0. The minimum Gasteiger partial charge on any atom is -0.399 e. The number of fused-ring (bicyclic) bond motifs is 3. The molecule has 0 aliphatic heterocycles. The molecule has 0 saturated heterocycles. The van der Waals surface area contributed by atoms with Crippen molar-refractivity contribution >= 4 is 61.8 Å². The molecule has 3 aromatic carbocycles. The SMILES string of the molecule is COCC(C)SC(=O)Cn1c2ccc(N)cc2c2cc(C(=O)/C(=N/OC(C)=O)c3ccccc3)ccc21. The van der Waals surface area contributed by atoms with Gasteiger partial charge < -0.3 is 19.9 Å². The van der Waals surface area contributed by atoms with E-state index in [-0.39, 0.29) is 22.6 Å². The molecule has 4 rings (SSSR count). The summed E-state index contributed by atoms with van der Waals surface area (Å²) in [5.41, 5.74) is 9.17. The average molecular weight is 518 g/mol. The Hall–Kier alpha value is -3.95. The summed E-state index contributed by atoms with van der Waals surface area (Å²) in [7, 11) is 1.61. The van der Waals surface area contributed by atoms with Crippen molar-refractivity contribution in [3.63, 3.8) is 0 Å². The predicted octanol–water partition coefficient (Wildman–Crippen LogP) is 4.82. The van der Waals surface area contributed by atoms with E-state index in [0.717, 1.165) is 21.8 Å². The van der Waals surface area contributed by atoms with Gasteiger partial charge in [0.1, 0.15) is 0 Å². The average Bonchev–Trinajstić information content (AvgIpc) is 3.16. The zero-order chi connectivity index (χ0) is 26.5. The van der Waals surface area contributed by atoms with E-state index in [2.05, 4.69) is 5.16 Å². The van der Waals surface area contributed by atoms with Gasteiger partial charge in [-0.15, -0.1) is 0 Å². The Morgan fingerprint density at radius 2 is 1.65 bits per heavy atom. The van der Waals surface area contributed by atoms with Gasteiger partial charge in [-0.2, -0.15) is 0 Å². The van der Waals surface area contributed by atoms with Gasteiger partial charge in [-0.1, -0.05) is 54.2 Å². The molecule has 0 aliphatic rings. The van der Waals surface area contributed by atoms with Crippen LogP contribution in [-0.4, -0.2) is 46.1 Å². The van der Waals surface area contributed by atoms with Crippen molar-refractivity contribution in [3.8, 4) is 0 Å². The topological polar surface area (TPSA) is 113 Å². The lowest BCUT2D eigenvalue weighted by Gasteiger charge is -2.11. The fourth-order valence-corrected chi connectivity index (χ4v) is 5.02. The third kappa shape index (κ3) is 5.90. The van der Waals surface area contributed by atoms with Crippen LogP contribution in [-0.2, 0) is 25.7 Å². The van der Waals surface area contributed by atoms with Gasteiger partial charge >= 0.3 is 5.97 Å². The molecule has 1 heterocycles. The zero-order valence-electron chi connectivity index (χ0n) is 20.8. The van der Waals surface area contributed by atoms with E-state index < -0.39 is 11.8 Å². The number of carbonyl (C=O) groups is 3. The number of thioether (sulfide) groups is 1. The number of nitrogen functional groups attached to an aromatic ring is 1. The van der Waals surface area contributed by atoms with Gasteiger partial charge in [0.25, 0.3) is 0 Å². The molecule has 9 heteroatoms. The maximum atomic E-state index is 13.5. The van der Waals surface area contributed by atoms with Crippen molar-refractivity contribution in [1.29, 1.82) is 0 Å². The van der Waals surface area contributed by atoms with Crippen LogP contribution in [0.3, 0.4) is 0 Å². The number of hydrogen-bond acceptors (Lipinski definition) is 8. The Labute approximate surface area is 218 Å². The molecule has 0 fully saturated rings. The van der Waals surface area contributed by atoms with Crippen molar-refractivity contribution in [3.05, 3.63) is 77.9 Å². The maximum absolute atomic E-state index is 13.5. The van der Waals surface area contributed by atoms with Gasteiger partial charge in [-0.05, 0) is 36.4 Å². The van der Waals surface area contributed by atoms with E-state index in [0.29, 0.717) is 23.4 Å². The first-order valence-corrected chi connectivity index (χ1v) is 12.5. The Kier molecular flexibility index (Phi) is 8.05. The molecule has 0 saturated carbocycles. The Bertz CT molecular complexity index is 1510. The predicted molar refractivity (Wildman–Crippen MR) is 147 cm³/mol. The van der Waals surface area contributed by atoms with E-state index in [4.69, 9.17) is 15.3 Å². The largest absolute Gasteiger partial charge is 0.399 e. The standard InChI is InChI=1S/C28H27N3O5S/c1-17(16-35-3)37-26(33)15-31-24-11-9-20(13-22(24)23-14-21(29)10-12-25(23)31)28(34)27(30-36-18(2)32)19-7-5-4-6-8-19/h4-14,17H,15-16,29H2,1-3H3/b30-27+. The quantitative estimate of drug-likeness (QED) is 0.111. The highest BCUT2D eigenvalue weighted by atomic mass is 32.2. The third-order valence-corrected chi connectivity index (χ3v) is 6.63. The fraction of sp³-hybridized carbons (Fsp3) is 0.214. The number of methoxy groups -OCH3 is 1. The van der Waals surface area contributed by atoms with Crippen LogP contribution in [0.1, 0.15) is 29.8 Å². The summed E-state index contributed by atoms with van der Waals surface area (Å²) in [6.45, 7) is 3.79. The normalized spacial score (nSPS) is 12.6. The minimum atomic E-state index is -0.627. The Morgan fingerprint density at radius 3 is 2.32 bits per heavy atom. The van der Waals surface area contributed by atoms with Crippen LogP contribution in [0.15, 0.2) is 71.9 Å². The molecule has 0 radical (unpaired) electrons. The number of nitrogens with two attached hydrogens (primary N) is 1. The maximum Gasteiger partial charge on any atom is 0.332 e. The number of anilines is 1. The Balaban J connectivity index is 1.79. The van der Waals surface area contributed by atoms with Crippen LogP contribution in [0.4, 0.5) is 5.69 Å². The molecular formula is C28H27N3O5S. The second-order valence-corrected chi connectivity index (χ2v) is 10.1. The molecule has 1 aromatic heterocycles. The van der Waals surface area contributed by atoms with Crippen molar-refractivity contribution in [2.24, 2.45) is 5.16 Å². The third-order valence-electron chi connectivity index (χ3n) is 5.70. The fourth-order valence-electron chi connectivity index (χ4n) is 4.16. The van der Waals surface area contributed by atoms with E-state index in [1.807, 2.05) is 35.8 Å². The highest BCUT2D eigenvalue weighted by Gasteiger charge is 2.21. The molecule has 0 bridgehead atoms. The van der Waals surface area contributed by atoms with E-state index in [1.54, 1.807) is 49.6 Å². The second kappa shape index (κ2) is 11.4. The molecule has 4 aromatic rings. The lowest BCUT2D eigenvalue weighted by molar-refractivity contribution is -0.140. The van der Waals surface area contributed by atoms with E-state index in [1.165, 1.54) is 18.7 Å². The first kappa shape index (κ1) is 26.1. The van der Waals surface area contributed by atoms with E-state index in [9.17, 15) is 14.4 Å². The Morgan fingerprint density at radius 1 is 0.973 bits per heavy atom. The van der Waals surface area contributed by atoms with Crippen LogP contribution in [0.2, 0.25) is 0 Å². The van der Waals surface area contributed by atoms with Gasteiger partial charge in [0, 0.05) is 57.9 Å². The second-order valence-electron chi connectivity index (χ2n) is 8.57. The number of benzene rings is 3. The summed E-state index contributed by atoms with van der Waals surface area (Å²) in [4.78, 5) is 42.6. The zero-order valence-corrected chi connectivity index (χ0v) is 21.6. The smallest absolute Gasteiger partial charge is 0.332 e. The number of aromatic nitrogens is 1. The number of ether oxygens (including phenoxy) is 1. The van der Waals surface area contributed by atoms with Crippen LogP contribution < -0.4 is 5.73 Å². The van der Waals surface area contributed by atoms with Crippen LogP contribution in [0.25, 0.3) is 21.8 Å². The van der Waals surface area contributed by atoms with Gasteiger partial charge in [-0.25, -0.2) is 4.79 Å². The molecular weight excluding hydrogens is 490 g/mol. The van der Waals surface area contributed by atoms with Gasteiger partial charge in [0.2, 0.25) is 10.9 Å². The van der Waals surface area contributed by atoms with Crippen molar-refractivity contribution in [2.75, 3.05) is 19.5 Å². The molecule has 1 atom stereocenters. The minimum absolute atomic E-state index is 0.000191. The first-order chi connectivity index (χ1) is 17.8. The monoisotopic (exact) mass is 517 g/mol. The number of carbonyl (C=O) groups excluding carboxylic acids is 3. The lowest BCUT2D eigenvalue weighted by Crippen LogP contribution is -2.17. The van der Waals surface area contributed by atoms with Gasteiger partial charge in [0.05, 0.1) is 13.2 Å². The van der Waals surface area contributed by atoms with Crippen LogP contribution in [0, 0.1) is 0 Å². The molecule has 8 nitrogen and oxygen atoms in total. The summed E-state index contributed by atoms with van der Waals surface area (Å²) in [5, 5.41) is 5.47. The molecule has 0 aliphatic carbocycles. The van der Waals surface area contributed by atoms with Gasteiger partial charge in [-0.3, -0.25) is 9.59 Å². The lowest BCUT2D eigenvalue weighted by atomic mass is 9.99. The molecule has 37 heavy (non-hydrogen) atoms. The van der Waals surface area contributed by atoms with Crippen LogP contribution in [0.5, 0.6) is 0 Å². The van der Waals surface area contributed by atoms with Gasteiger partial charge in [0.15, 0.2) is 5.71 Å². The number of oxime groups is 1. The number of rotatable bonds is 9. The first-order valence-electron chi connectivity index (χ1n) is 11.6. The number of Topliss-reactive ketones (excluding diaryl/α,β-unsaturated/α-hetero) is 1. The van der Waals surface area contributed by atoms with E-state index >= 15 is 0 Å². The van der Waals surface area contributed by atoms with Crippen molar-refractivity contribution in [1.82, 2.24) is 4.57 Å². The highest BCUT2D eigenvalue weighted by Crippen LogP contribution is 2.32. The molecule has 1 unspecified atom stereocenters. The van der Waals surface area contributed by atoms with Crippen molar-refractivity contribution < 1.29 is 24.0 Å². The van der Waals surface area contributed by atoms with Crippen molar-refractivity contribution in [2.45, 2.75) is 25.6 Å². The summed E-state index contributed by atoms with van der Waals surface area (Å²) >= 11 is 1.24. The number of ketones is 1. The summed E-state index contributed by atoms with van der Waals surface area (Å²) < 4.78 is 7.08. The molecule has 2 N–H and O–H groups in total. The molecule has 0 amide bonds. The number of nitrogens with zero attached hydrogens (tertiary/aromatic N) is 2. The summed E-state index contributed by atoms with van der Waals surface area (Å²) in [6, 6.07) is 19.5. The molecule has 0 spiro atoms. The number of hydrogen-bond donors (Lipinski definition) is 1. The molecule has 190 valence electrons.